The molecule has 5 nitrogen and oxygen atoms in total. The van der Waals surface area contributed by atoms with E-state index < -0.39 is 10.0 Å². The minimum atomic E-state index is -3.39. The maximum Gasteiger partial charge on any atom is 0.251 e. The van der Waals surface area contributed by atoms with Crippen molar-refractivity contribution in [2.75, 3.05) is 6.54 Å². The first kappa shape index (κ1) is 15.9. The monoisotopic (exact) mass is 317 g/mol. The van der Waals surface area contributed by atoms with E-state index >= 15 is 0 Å². The van der Waals surface area contributed by atoms with Gasteiger partial charge in [0.2, 0.25) is 0 Å². The minimum absolute atomic E-state index is 0.0575. The van der Waals surface area contributed by atoms with Crippen molar-refractivity contribution in [3.8, 4) is 0 Å². The van der Waals surface area contributed by atoms with Crippen LogP contribution in [0, 0.1) is 6.92 Å². The Morgan fingerprint density at radius 2 is 1.95 bits per heavy atom. The molecule has 1 aliphatic rings. The molecule has 7 heteroatoms. The smallest absolute Gasteiger partial charge is 0.251 e. The number of hydrogen-bond acceptors (Lipinski definition) is 5. The number of aromatic nitrogens is 1. The Morgan fingerprint density at radius 3 is 2.50 bits per heavy atom. The summed E-state index contributed by atoms with van der Waals surface area (Å²) in [5.74, 6) is 0. The van der Waals surface area contributed by atoms with Crippen LogP contribution in [-0.2, 0) is 10.0 Å². The number of hydrogen-bond donors (Lipinski definition) is 2. The zero-order valence-corrected chi connectivity index (χ0v) is 13.7. The molecule has 1 aromatic rings. The number of nitrogens with zero attached hydrogens (tertiary/aromatic N) is 1. The second-order valence-corrected chi connectivity index (χ2v) is 8.50. The third-order valence-corrected chi connectivity index (χ3v) is 6.49. The summed E-state index contributed by atoms with van der Waals surface area (Å²) in [4.78, 5) is 4.01. The van der Waals surface area contributed by atoms with E-state index in [9.17, 15) is 8.42 Å². The van der Waals surface area contributed by atoms with Gasteiger partial charge < -0.3 is 5.32 Å². The summed E-state index contributed by atoms with van der Waals surface area (Å²) in [6.07, 6.45) is 6.45. The summed E-state index contributed by atoms with van der Waals surface area (Å²) in [7, 11) is -3.39. The third-order valence-electron chi connectivity index (χ3n) is 3.60. The van der Waals surface area contributed by atoms with Gasteiger partial charge in [-0.05, 0) is 45.6 Å². The molecule has 0 atom stereocenters. The fourth-order valence-corrected chi connectivity index (χ4v) is 4.94. The van der Waals surface area contributed by atoms with Crippen LogP contribution in [0.1, 0.15) is 44.0 Å². The van der Waals surface area contributed by atoms with E-state index in [1.54, 1.807) is 0 Å². The second kappa shape index (κ2) is 6.98. The van der Waals surface area contributed by atoms with Gasteiger partial charge in [-0.25, -0.2) is 18.1 Å². The number of aryl methyl sites for hydroxylation is 1. The van der Waals surface area contributed by atoms with E-state index in [0.29, 0.717) is 10.3 Å². The molecule has 2 rings (SSSR count). The van der Waals surface area contributed by atoms with Gasteiger partial charge in [0.15, 0.2) is 4.21 Å². The molecule has 1 fully saturated rings. The van der Waals surface area contributed by atoms with Gasteiger partial charge in [0.05, 0.1) is 11.2 Å². The van der Waals surface area contributed by atoms with Crippen LogP contribution in [0.4, 0.5) is 0 Å². The van der Waals surface area contributed by atoms with Crippen molar-refractivity contribution in [3.05, 3.63) is 11.2 Å². The molecular weight excluding hydrogens is 294 g/mol. The van der Waals surface area contributed by atoms with Crippen molar-refractivity contribution in [1.82, 2.24) is 15.0 Å². The highest BCUT2D eigenvalue weighted by Crippen LogP contribution is 2.23. The highest BCUT2D eigenvalue weighted by atomic mass is 32.2. The van der Waals surface area contributed by atoms with Crippen LogP contribution < -0.4 is 10.0 Å². The molecule has 1 saturated carbocycles. The van der Waals surface area contributed by atoms with E-state index in [-0.39, 0.29) is 6.04 Å². The maximum absolute atomic E-state index is 12.2. The summed E-state index contributed by atoms with van der Waals surface area (Å²) in [5, 5.41) is 4.28. The number of thiazole rings is 1. The molecule has 1 aromatic heterocycles. The molecule has 0 aliphatic heterocycles. The molecule has 114 valence electrons. The first-order valence-electron chi connectivity index (χ1n) is 7.19. The molecule has 0 aromatic carbocycles. The number of nitrogens with one attached hydrogen (secondary N) is 2. The normalized spacial score (nSPS) is 23.9. The lowest BCUT2D eigenvalue weighted by Crippen LogP contribution is -2.42. The summed E-state index contributed by atoms with van der Waals surface area (Å²) >= 11 is 1.22. The lowest BCUT2D eigenvalue weighted by atomic mass is 9.92. The molecular formula is C13H23N3O2S2. The SMILES string of the molecule is CCCNC1CCC(NS(=O)(=O)c2cnc(C)s2)CC1. The van der Waals surface area contributed by atoms with E-state index in [4.69, 9.17) is 0 Å². The fraction of sp³-hybridized carbons (Fsp3) is 0.769. The predicted octanol–water partition coefficient (Wildman–Crippen LogP) is 2.04. The zero-order chi connectivity index (χ0) is 14.6. The molecule has 0 unspecified atom stereocenters. The Hall–Kier alpha value is -0.500. The molecule has 20 heavy (non-hydrogen) atoms. The summed E-state index contributed by atoms with van der Waals surface area (Å²) < 4.78 is 27.6. The van der Waals surface area contributed by atoms with E-state index in [1.165, 1.54) is 17.5 Å². The van der Waals surface area contributed by atoms with E-state index in [2.05, 4.69) is 21.9 Å². The average molecular weight is 317 g/mol. The van der Waals surface area contributed by atoms with Gasteiger partial charge in [-0.3, -0.25) is 0 Å². The minimum Gasteiger partial charge on any atom is -0.314 e. The van der Waals surface area contributed by atoms with Crippen molar-refractivity contribution in [3.63, 3.8) is 0 Å². The van der Waals surface area contributed by atoms with Crippen LogP contribution in [0.15, 0.2) is 10.4 Å². The van der Waals surface area contributed by atoms with Gasteiger partial charge in [0, 0.05) is 12.1 Å². The highest BCUT2D eigenvalue weighted by molar-refractivity contribution is 7.91. The van der Waals surface area contributed by atoms with E-state index in [0.717, 1.165) is 43.7 Å². The highest BCUT2D eigenvalue weighted by Gasteiger charge is 2.26. The van der Waals surface area contributed by atoms with Crippen molar-refractivity contribution < 1.29 is 8.42 Å². The van der Waals surface area contributed by atoms with Crippen molar-refractivity contribution in [2.24, 2.45) is 0 Å². The maximum atomic E-state index is 12.2. The largest absolute Gasteiger partial charge is 0.314 e. The summed E-state index contributed by atoms with van der Waals surface area (Å²) in [6.45, 7) is 5.01. The van der Waals surface area contributed by atoms with E-state index in [1.807, 2.05) is 6.92 Å². The Balaban J connectivity index is 1.86. The summed E-state index contributed by atoms with van der Waals surface area (Å²) in [5.41, 5.74) is 0. The zero-order valence-electron chi connectivity index (χ0n) is 12.1. The first-order valence-corrected chi connectivity index (χ1v) is 9.49. The average Bonchev–Trinajstić information content (AvgIpc) is 2.85. The third kappa shape index (κ3) is 4.25. The molecule has 2 N–H and O–H groups in total. The molecule has 0 spiro atoms. The summed E-state index contributed by atoms with van der Waals surface area (Å²) in [6, 6.07) is 0.600. The molecule has 0 bridgehead atoms. The Morgan fingerprint density at radius 1 is 1.30 bits per heavy atom. The van der Waals surface area contributed by atoms with Crippen molar-refractivity contribution in [2.45, 2.75) is 62.2 Å². The molecule has 0 radical (unpaired) electrons. The lowest BCUT2D eigenvalue weighted by molar-refractivity contribution is 0.330. The number of sulfonamides is 1. The molecule has 1 aliphatic carbocycles. The second-order valence-electron chi connectivity index (χ2n) is 5.32. The van der Waals surface area contributed by atoms with Gasteiger partial charge in [-0.2, -0.15) is 0 Å². The first-order chi connectivity index (χ1) is 9.51. The van der Waals surface area contributed by atoms with Crippen LogP contribution in [0.3, 0.4) is 0 Å². The van der Waals surface area contributed by atoms with Crippen LogP contribution in [0.25, 0.3) is 0 Å². The molecule has 0 amide bonds. The van der Waals surface area contributed by atoms with Gasteiger partial charge in [-0.15, -0.1) is 11.3 Å². The van der Waals surface area contributed by atoms with Gasteiger partial charge in [-0.1, -0.05) is 6.92 Å². The predicted molar refractivity (Wildman–Crippen MR) is 81.5 cm³/mol. The van der Waals surface area contributed by atoms with Gasteiger partial charge in [0.25, 0.3) is 10.0 Å². The quantitative estimate of drug-likeness (QED) is 0.842. The lowest BCUT2D eigenvalue weighted by Gasteiger charge is -2.29. The van der Waals surface area contributed by atoms with Crippen LogP contribution >= 0.6 is 11.3 Å². The number of rotatable bonds is 6. The Bertz CT molecular complexity index is 519. The molecule has 0 saturated heterocycles. The van der Waals surface area contributed by atoms with Crippen molar-refractivity contribution in [1.29, 1.82) is 0 Å². The van der Waals surface area contributed by atoms with Crippen LogP contribution in [0.2, 0.25) is 0 Å². The van der Waals surface area contributed by atoms with Crippen LogP contribution in [0.5, 0.6) is 0 Å². The Labute approximate surface area is 125 Å². The van der Waals surface area contributed by atoms with Gasteiger partial charge >= 0.3 is 0 Å². The fourth-order valence-electron chi connectivity index (χ4n) is 2.51. The Kier molecular flexibility index (Phi) is 5.54. The van der Waals surface area contributed by atoms with Crippen LogP contribution in [-0.4, -0.2) is 32.0 Å². The molecule has 1 heterocycles. The standard InChI is InChI=1S/C13H23N3O2S2/c1-3-8-14-11-4-6-12(7-5-11)16-20(17,18)13-9-15-10(2)19-13/h9,11-12,14,16H,3-8H2,1-2H3. The topological polar surface area (TPSA) is 71.1 Å². The van der Waals surface area contributed by atoms with Crippen molar-refractivity contribution >= 4 is 21.4 Å². The van der Waals surface area contributed by atoms with Gasteiger partial charge in [0.1, 0.15) is 0 Å².